The third kappa shape index (κ3) is 3.80. The fraction of sp³-hybridized carbons (Fsp3) is 0.308. The topological polar surface area (TPSA) is 79.9 Å². The number of benzene rings is 1. The first-order chi connectivity index (χ1) is 9.15. The van der Waals surface area contributed by atoms with Crippen molar-refractivity contribution in [1.29, 1.82) is 0 Å². The number of nitrogens with one attached hydrogen (secondary N) is 2. The van der Waals surface area contributed by atoms with Crippen LogP contribution >= 0.6 is 0 Å². The number of H-pyrrole nitrogens is 1. The molecule has 0 aliphatic carbocycles. The van der Waals surface area contributed by atoms with E-state index < -0.39 is 0 Å². The van der Waals surface area contributed by atoms with Crippen molar-refractivity contribution in [3.05, 3.63) is 41.5 Å². The molecule has 100 valence electrons. The average molecular weight is 260 g/mol. The molecular weight excluding hydrogens is 244 g/mol. The number of aromatic nitrogens is 3. The summed E-state index contributed by atoms with van der Waals surface area (Å²) in [5.41, 5.74) is 2.11. The molecule has 0 bridgehead atoms. The van der Waals surface area contributed by atoms with E-state index in [2.05, 4.69) is 20.5 Å². The lowest BCUT2D eigenvalue weighted by molar-refractivity contribution is -0.123. The van der Waals surface area contributed by atoms with Crippen molar-refractivity contribution in [2.24, 2.45) is 0 Å². The molecule has 1 aromatic heterocycles. The van der Waals surface area contributed by atoms with Gasteiger partial charge in [0.1, 0.15) is 17.9 Å². The van der Waals surface area contributed by atoms with E-state index in [1.165, 1.54) is 6.33 Å². The van der Waals surface area contributed by atoms with Gasteiger partial charge >= 0.3 is 0 Å². The van der Waals surface area contributed by atoms with Crippen molar-refractivity contribution in [2.75, 3.05) is 6.61 Å². The van der Waals surface area contributed by atoms with Gasteiger partial charge in [0.05, 0.1) is 6.54 Å². The summed E-state index contributed by atoms with van der Waals surface area (Å²) >= 11 is 0. The van der Waals surface area contributed by atoms with Crippen LogP contribution in [-0.2, 0) is 11.3 Å². The number of hydrogen-bond donors (Lipinski definition) is 2. The number of carbonyl (C=O) groups excluding carboxylic acids is 1. The number of aromatic amines is 1. The molecule has 0 saturated heterocycles. The van der Waals surface area contributed by atoms with Gasteiger partial charge < -0.3 is 10.1 Å². The van der Waals surface area contributed by atoms with E-state index in [1.54, 1.807) is 0 Å². The fourth-order valence-electron chi connectivity index (χ4n) is 1.56. The quantitative estimate of drug-likeness (QED) is 0.844. The number of amides is 1. The Kier molecular flexibility index (Phi) is 4.12. The van der Waals surface area contributed by atoms with Crippen molar-refractivity contribution in [1.82, 2.24) is 20.5 Å². The van der Waals surface area contributed by atoms with Crippen LogP contribution in [0.5, 0.6) is 5.75 Å². The van der Waals surface area contributed by atoms with E-state index in [1.807, 2.05) is 32.0 Å². The van der Waals surface area contributed by atoms with Gasteiger partial charge in [-0.1, -0.05) is 12.1 Å². The minimum absolute atomic E-state index is 0.0154. The third-order valence-corrected chi connectivity index (χ3v) is 2.62. The second-order valence-corrected chi connectivity index (χ2v) is 4.27. The Morgan fingerprint density at radius 1 is 1.42 bits per heavy atom. The summed E-state index contributed by atoms with van der Waals surface area (Å²) in [6, 6.07) is 5.89. The van der Waals surface area contributed by atoms with E-state index in [9.17, 15) is 4.79 Å². The van der Waals surface area contributed by atoms with E-state index in [0.29, 0.717) is 12.4 Å². The van der Waals surface area contributed by atoms with Crippen LogP contribution in [0.25, 0.3) is 0 Å². The van der Waals surface area contributed by atoms with Crippen LogP contribution in [0.2, 0.25) is 0 Å². The highest BCUT2D eigenvalue weighted by Crippen LogP contribution is 2.18. The highest BCUT2D eigenvalue weighted by molar-refractivity contribution is 5.77. The molecule has 0 unspecified atom stereocenters. The molecule has 0 saturated carbocycles. The Balaban J connectivity index is 1.81. The summed E-state index contributed by atoms with van der Waals surface area (Å²) in [5.74, 6) is 1.15. The Morgan fingerprint density at radius 3 is 3.00 bits per heavy atom. The lowest BCUT2D eigenvalue weighted by Crippen LogP contribution is -2.28. The molecule has 0 aliphatic rings. The minimum atomic E-state index is -0.197. The van der Waals surface area contributed by atoms with Crippen LogP contribution in [0.3, 0.4) is 0 Å². The Bertz CT molecular complexity index is 552. The zero-order valence-corrected chi connectivity index (χ0v) is 10.9. The molecule has 1 amide bonds. The highest BCUT2D eigenvalue weighted by Gasteiger charge is 2.05. The summed E-state index contributed by atoms with van der Waals surface area (Å²) in [6.07, 6.45) is 1.40. The standard InChI is InChI=1S/C13H16N4O2/c1-9-3-4-10(2)11(5-9)19-7-13(18)14-6-12-15-8-16-17-12/h3-5,8H,6-7H2,1-2H3,(H,14,18)(H,15,16,17). The molecule has 6 heteroatoms. The molecule has 6 nitrogen and oxygen atoms in total. The molecule has 19 heavy (non-hydrogen) atoms. The van der Waals surface area contributed by atoms with Gasteiger partial charge in [0.25, 0.3) is 5.91 Å². The normalized spacial score (nSPS) is 10.2. The first-order valence-corrected chi connectivity index (χ1v) is 5.96. The SMILES string of the molecule is Cc1ccc(C)c(OCC(=O)NCc2ncn[nH]2)c1. The molecule has 2 N–H and O–H groups in total. The minimum Gasteiger partial charge on any atom is -0.483 e. The first-order valence-electron chi connectivity index (χ1n) is 5.96. The summed E-state index contributed by atoms with van der Waals surface area (Å²) in [7, 11) is 0. The molecule has 0 fully saturated rings. The van der Waals surface area contributed by atoms with Gasteiger partial charge in [0, 0.05) is 0 Å². The zero-order chi connectivity index (χ0) is 13.7. The summed E-state index contributed by atoms with van der Waals surface area (Å²) in [6.45, 7) is 4.23. The van der Waals surface area contributed by atoms with Gasteiger partial charge in [0.15, 0.2) is 6.61 Å². The van der Waals surface area contributed by atoms with Crippen molar-refractivity contribution in [3.63, 3.8) is 0 Å². The van der Waals surface area contributed by atoms with E-state index in [4.69, 9.17) is 4.74 Å². The van der Waals surface area contributed by atoms with Gasteiger partial charge in [-0.05, 0) is 31.0 Å². The molecule has 1 heterocycles. The average Bonchev–Trinajstić information content (AvgIpc) is 2.90. The van der Waals surface area contributed by atoms with E-state index in [-0.39, 0.29) is 12.5 Å². The van der Waals surface area contributed by atoms with Gasteiger partial charge in [-0.15, -0.1) is 0 Å². The number of carbonyl (C=O) groups is 1. The van der Waals surface area contributed by atoms with Crippen molar-refractivity contribution >= 4 is 5.91 Å². The number of rotatable bonds is 5. The Morgan fingerprint density at radius 2 is 2.26 bits per heavy atom. The van der Waals surface area contributed by atoms with Gasteiger partial charge in [-0.2, -0.15) is 5.10 Å². The molecular formula is C13H16N4O2. The zero-order valence-electron chi connectivity index (χ0n) is 10.9. The molecule has 0 radical (unpaired) electrons. The van der Waals surface area contributed by atoms with E-state index >= 15 is 0 Å². The molecule has 2 aromatic rings. The lowest BCUT2D eigenvalue weighted by Gasteiger charge is -2.09. The Labute approximate surface area is 111 Å². The monoisotopic (exact) mass is 260 g/mol. The predicted octanol–water partition coefficient (Wildman–Crippen LogP) is 1.12. The largest absolute Gasteiger partial charge is 0.483 e. The maximum Gasteiger partial charge on any atom is 0.258 e. The van der Waals surface area contributed by atoms with Crippen LogP contribution in [-0.4, -0.2) is 27.7 Å². The number of nitrogens with zero attached hydrogens (tertiary/aromatic N) is 2. The molecule has 0 spiro atoms. The van der Waals surface area contributed by atoms with Crippen LogP contribution in [0.1, 0.15) is 17.0 Å². The maximum absolute atomic E-state index is 11.6. The Hall–Kier alpha value is -2.37. The van der Waals surface area contributed by atoms with Gasteiger partial charge in [0.2, 0.25) is 0 Å². The maximum atomic E-state index is 11.6. The molecule has 2 rings (SSSR count). The molecule has 0 aliphatic heterocycles. The third-order valence-electron chi connectivity index (χ3n) is 2.62. The summed E-state index contributed by atoms with van der Waals surface area (Å²) in [4.78, 5) is 15.5. The van der Waals surface area contributed by atoms with Crippen molar-refractivity contribution in [3.8, 4) is 5.75 Å². The molecule has 0 atom stereocenters. The van der Waals surface area contributed by atoms with Crippen LogP contribution < -0.4 is 10.1 Å². The van der Waals surface area contributed by atoms with Gasteiger partial charge in [-0.25, -0.2) is 4.98 Å². The smallest absolute Gasteiger partial charge is 0.258 e. The number of aryl methyl sites for hydroxylation is 2. The lowest BCUT2D eigenvalue weighted by atomic mass is 10.1. The van der Waals surface area contributed by atoms with Crippen LogP contribution in [0.4, 0.5) is 0 Å². The van der Waals surface area contributed by atoms with Crippen molar-refractivity contribution in [2.45, 2.75) is 20.4 Å². The number of hydrogen-bond acceptors (Lipinski definition) is 4. The fourth-order valence-corrected chi connectivity index (χ4v) is 1.56. The van der Waals surface area contributed by atoms with Crippen LogP contribution in [0.15, 0.2) is 24.5 Å². The van der Waals surface area contributed by atoms with Crippen molar-refractivity contribution < 1.29 is 9.53 Å². The predicted molar refractivity (Wildman–Crippen MR) is 69.6 cm³/mol. The highest BCUT2D eigenvalue weighted by atomic mass is 16.5. The van der Waals surface area contributed by atoms with Gasteiger partial charge in [-0.3, -0.25) is 9.89 Å². The number of ether oxygens (including phenoxy) is 1. The summed E-state index contributed by atoms with van der Waals surface area (Å²) < 4.78 is 5.49. The van der Waals surface area contributed by atoms with E-state index in [0.717, 1.165) is 16.9 Å². The second-order valence-electron chi connectivity index (χ2n) is 4.27. The second kappa shape index (κ2) is 5.99. The van der Waals surface area contributed by atoms with Crippen LogP contribution in [0, 0.1) is 13.8 Å². The molecule has 1 aromatic carbocycles. The summed E-state index contributed by atoms with van der Waals surface area (Å²) in [5, 5.41) is 9.05. The first kappa shape index (κ1) is 13.1.